The second-order valence-corrected chi connectivity index (χ2v) is 8.66. The second kappa shape index (κ2) is 7.91. The van der Waals surface area contributed by atoms with Crippen LogP contribution in [0.3, 0.4) is 0 Å². The van der Waals surface area contributed by atoms with Gasteiger partial charge in [0.05, 0.1) is 4.90 Å². The molecule has 0 radical (unpaired) electrons. The normalized spacial score (nSPS) is 19.1. The molecule has 3 rings (SSSR count). The molecule has 1 saturated heterocycles. The molecule has 1 aliphatic rings. The fourth-order valence-corrected chi connectivity index (χ4v) is 4.44. The Morgan fingerprint density at radius 3 is 2.12 bits per heavy atom. The predicted octanol–water partition coefficient (Wildman–Crippen LogP) is 4.16. The maximum Gasteiger partial charge on any atom is 0.127 e. The smallest absolute Gasteiger partial charge is 0.127 e. The van der Waals surface area contributed by atoms with Gasteiger partial charge in [-0.05, 0) is 43.7 Å². The van der Waals surface area contributed by atoms with Crippen LogP contribution in [-0.4, -0.2) is 39.6 Å². The number of hydrogen-bond donors (Lipinski definition) is 0. The third-order valence-corrected chi connectivity index (χ3v) is 6.67. The summed E-state index contributed by atoms with van der Waals surface area (Å²) in [6, 6.07) is 16.9. The first kappa shape index (κ1) is 17.8. The molecule has 3 nitrogen and oxygen atoms in total. The van der Waals surface area contributed by atoms with E-state index in [0.29, 0.717) is 6.04 Å². The lowest BCUT2D eigenvalue weighted by molar-refractivity contribution is 0.149. The molecule has 2 atom stereocenters. The first-order valence-electron chi connectivity index (χ1n) is 8.27. The third-order valence-electron chi connectivity index (χ3n) is 4.63. The molecule has 5 heteroatoms. The van der Waals surface area contributed by atoms with E-state index in [1.807, 2.05) is 24.3 Å². The summed E-state index contributed by atoms with van der Waals surface area (Å²) in [5.74, 6) is 0. The van der Waals surface area contributed by atoms with Crippen molar-refractivity contribution in [2.45, 2.75) is 24.8 Å². The molecule has 0 amide bonds. The van der Waals surface area contributed by atoms with E-state index < -0.39 is 11.0 Å². The summed E-state index contributed by atoms with van der Waals surface area (Å²) in [6.45, 7) is 7.84. The summed E-state index contributed by atoms with van der Waals surface area (Å²) >= 11 is 3.49. The molecule has 2 aromatic rings. The van der Waals surface area contributed by atoms with Gasteiger partial charge in [-0.2, -0.15) is 0 Å². The van der Waals surface area contributed by atoms with Crippen LogP contribution in [0.4, 0.5) is 0 Å². The highest BCUT2D eigenvalue weighted by molar-refractivity contribution is 9.10. The molecule has 1 aliphatic heterocycles. The summed E-state index contributed by atoms with van der Waals surface area (Å²) in [4.78, 5) is 3.36. The van der Waals surface area contributed by atoms with Gasteiger partial charge in [0.2, 0.25) is 0 Å². The Hall–Kier alpha value is -1.01. The average Bonchev–Trinajstić information content (AvgIpc) is 2.62. The molecule has 0 aromatic heterocycles. The van der Waals surface area contributed by atoms with Gasteiger partial charge in [-0.1, -0.05) is 45.8 Å². The zero-order valence-electron chi connectivity index (χ0n) is 14.1. The molecule has 0 aliphatic carbocycles. The van der Waals surface area contributed by atoms with Crippen LogP contribution < -0.4 is 0 Å². The SMILES string of the molecule is Cc1ccc(S(=O)N2CCN([C@@H](C)c3ccc(Br)cc3)CC2)cc1. The van der Waals surface area contributed by atoms with Crippen LogP contribution in [0, 0.1) is 6.92 Å². The van der Waals surface area contributed by atoms with Crippen LogP contribution in [0.2, 0.25) is 0 Å². The molecule has 128 valence electrons. The van der Waals surface area contributed by atoms with Crippen molar-refractivity contribution in [1.29, 1.82) is 0 Å². The van der Waals surface area contributed by atoms with E-state index in [4.69, 9.17) is 0 Å². The summed E-state index contributed by atoms with van der Waals surface area (Å²) < 4.78 is 15.9. The molecule has 2 aromatic carbocycles. The Balaban J connectivity index is 1.60. The summed E-state index contributed by atoms with van der Waals surface area (Å²) in [7, 11) is -1.05. The lowest BCUT2D eigenvalue weighted by atomic mass is 10.1. The minimum Gasteiger partial charge on any atom is -0.294 e. The number of rotatable bonds is 4. The summed E-state index contributed by atoms with van der Waals surface area (Å²) in [5, 5.41) is 0. The van der Waals surface area contributed by atoms with E-state index in [9.17, 15) is 4.21 Å². The van der Waals surface area contributed by atoms with Crippen molar-refractivity contribution in [3.05, 3.63) is 64.1 Å². The van der Waals surface area contributed by atoms with Crippen molar-refractivity contribution < 1.29 is 4.21 Å². The number of aryl methyl sites for hydroxylation is 1. The van der Waals surface area contributed by atoms with Gasteiger partial charge in [-0.3, -0.25) is 4.90 Å². The molecule has 0 N–H and O–H groups in total. The molecule has 1 unspecified atom stereocenters. The van der Waals surface area contributed by atoms with E-state index >= 15 is 0 Å². The maximum atomic E-state index is 12.7. The zero-order valence-corrected chi connectivity index (χ0v) is 16.5. The largest absolute Gasteiger partial charge is 0.294 e. The van der Waals surface area contributed by atoms with Gasteiger partial charge in [0, 0.05) is 36.7 Å². The first-order valence-corrected chi connectivity index (χ1v) is 10.2. The van der Waals surface area contributed by atoms with Crippen molar-refractivity contribution in [1.82, 2.24) is 9.21 Å². The van der Waals surface area contributed by atoms with Crippen LogP contribution in [0.1, 0.15) is 24.1 Å². The highest BCUT2D eigenvalue weighted by Crippen LogP contribution is 2.24. The Bertz CT molecular complexity index is 694. The van der Waals surface area contributed by atoms with Gasteiger partial charge >= 0.3 is 0 Å². The van der Waals surface area contributed by atoms with Crippen LogP contribution >= 0.6 is 15.9 Å². The third kappa shape index (κ3) is 4.14. The summed E-state index contributed by atoms with van der Waals surface area (Å²) in [5.41, 5.74) is 2.52. The van der Waals surface area contributed by atoms with E-state index in [0.717, 1.165) is 35.5 Å². The molecular formula is C19H23BrN2OS. The van der Waals surface area contributed by atoms with Crippen molar-refractivity contribution in [2.75, 3.05) is 26.2 Å². The van der Waals surface area contributed by atoms with Gasteiger partial charge in [0.15, 0.2) is 0 Å². The summed E-state index contributed by atoms with van der Waals surface area (Å²) in [6.07, 6.45) is 0. The highest BCUT2D eigenvalue weighted by atomic mass is 79.9. The molecule has 1 heterocycles. The van der Waals surface area contributed by atoms with Gasteiger partial charge in [-0.15, -0.1) is 0 Å². The first-order chi connectivity index (χ1) is 11.5. The van der Waals surface area contributed by atoms with Gasteiger partial charge in [-0.25, -0.2) is 8.51 Å². The molecule has 0 saturated carbocycles. The minimum atomic E-state index is -1.05. The lowest BCUT2D eigenvalue weighted by Crippen LogP contribution is -2.47. The average molecular weight is 407 g/mol. The van der Waals surface area contributed by atoms with Crippen LogP contribution in [-0.2, 0) is 11.0 Å². The number of hydrogen-bond acceptors (Lipinski definition) is 2. The fourth-order valence-electron chi connectivity index (χ4n) is 3.01. The zero-order chi connectivity index (χ0) is 17.1. The van der Waals surface area contributed by atoms with E-state index in [1.54, 1.807) is 0 Å². The Morgan fingerprint density at radius 2 is 1.54 bits per heavy atom. The van der Waals surface area contributed by atoms with Crippen LogP contribution in [0.15, 0.2) is 57.9 Å². The van der Waals surface area contributed by atoms with Gasteiger partial charge < -0.3 is 0 Å². The van der Waals surface area contributed by atoms with E-state index in [1.165, 1.54) is 11.1 Å². The fraction of sp³-hybridized carbons (Fsp3) is 0.368. The Labute approximate surface area is 155 Å². The number of benzene rings is 2. The number of piperazine rings is 1. The monoisotopic (exact) mass is 406 g/mol. The molecular weight excluding hydrogens is 384 g/mol. The number of nitrogens with zero attached hydrogens (tertiary/aromatic N) is 2. The van der Waals surface area contributed by atoms with Gasteiger partial charge in [0.25, 0.3) is 0 Å². The lowest BCUT2D eigenvalue weighted by Gasteiger charge is -2.37. The van der Waals surface area contributed by atoms with E-state index in [2.05, 4.69) is 63.2 Å². The topological polar surface area (TPSA) is 23.6 Å². The van der Waals surface area contributed by atoms with Crippen molar-refractivity contribution in [2.24, 2.45) is 0 Å². The molecule has 0 bridgehead atoms. The van der Waals surface area contributed by atoms with Crippen LogP contribution in [0.5, 0.6) is 0 Å². The maximum absolute atomic E-state index is 12.7. The van der Waals surface area contributed by atoms with Crippen molar-refractivity contribution in [3.63, 3.8) is 0 Å². The Morgan fingerprint density at radius 1 is 0.958 bits per heavy atom. The number of halogens is 1. The quantitative estimate of drug-likeness (QED) is 0.760. The van der Waals surface area contributed by atoms with E-state index in [-0.39, 0.29) is 0 Å². The van der Waals surface area contributed by atoms with Crippen LogP contribution in [0.25, 0.3) is 0 Å². The standard InChI is InChI=1S/C19H23BrN2OS/c1-15-3-9-19(10-4-15)24(23)22-13-11-21(12-14-22)16(2)17-5-7-18(20)8-6-17/h3-10,16H,11-14H2,1-2H3/t16-,24?/m0/s1. The van der Waals surface area contributed by atoms with Crippen molar-refractivity contribution in [3.8, 4) is 0 Å². The minimum absolute atomic E-state index is 0.382. The highest BCUT2D eigenvalue weighted by Gasteiger charge is 2.25. The Kier molecular flexibility index (Phi) is 5.87. The molecule has 0 spiro atoms. The van der Waals surface area contributed by atoms with Gasteiger partial charge in [0.1, 0.15) is 11.0 Å². The van der Waals surface area contributed by atoms with Crippen molar-refractivity contribution >= 4 is 26.9 Å². The molecule has 24 heavy (non-hydrogen) atoms. The molecule has 1 fully saturated rings. The second-order valence-electron chi connectivity index (χ2n) is 6.25. The predicted molar refractivity (Wildman–Crippen MR) is 103 cm³/mol.